The van der Waals surface area contributed by atoms with Gasteiger partial charge in [-0.05, 0) is 12.8 Å². The zero-order valence-electron chi connectivity index (χ0n) is 25.4. The molecule has 3 unspecified atom stereocenters. The molecule has 0 spiro atoms. The fraction of sp³-hybridized carbons (Fsp3) is 0.966. The van der Waals surface area contributed by atoms with Crippen molar-refractivity contribution >= 4 is 13.7 Å². The van der Waals surface area contributed by atoms with Crippen molar-refractivity contribution in [3.63, 3.8) is 0 Å². The smallest absolute Gasteiger partial charge is 0.268 e. The predicted octanol–water partition coefficient (Wildman–Crippen LogP) is 6.10. The molecule has 2 N–H and O–H groups in total. The number of phosphoric acid groups is 1. The van der Waals surface area contributed by atoms with Gasteiger partial charge in [-0.3, -0.25) is 9.36 Å². The van der Waals surface area contributed by atoms with Gasteiger partial charge in [-0.25, -0.2) is 0 Å². The Kier molecular flexibility index (Phi) is 22.9. The van der Waals surface area contributed by atoms with Gasteiger partial charge in [0.25, 0.3) is 7.82 Å². The first-order valence-corrected chi connectivity index (χ1v) is 16.8. The molecule has 0 aliphatic rings. The minimum Gasteiger partial charge on any atom is -0.756 e. The Labute approximate surface area is 234 Å². The second-order valence-corrected chi connectivity index (χ2v) is 13.2. The lowest BCUT2D eigenvalue weighted by Gasteiger charge is -2.30. The molecule has 0 bridgehead atoms. The second kappa shape index (κ2) is 23.2. The number of quaternary nitrogens is 1. The monoisotopic (exact) mass is 564 g/mol. The van der Waals surface area contributed by atoms with Crippen molar-refractivity contribution in [2.45, 2.75) is 142 Å². The third-order valence-electron chi connectivity index (χ3n) is 6.85. The number of aliphatic hydroxyl groups is 1. The molecule has 0 aliphatic heterocycles. The van der Waals surface area contributed by atoms with Crippen molar-refractivity contribution in [3.8, 4) is 0 Å². The van der Waals surface area contributed by atoms with Crippen molar-refractivity contribution in [2.75, 3.05) is 40.9 Å². The molecule has 1 amide bonds. The molecule has 3 atom stereocenters. The summed E-state index contributed by atoms with van der Waals surface area (Å²) in [6.45, 7) is 4.61. The largest absolute Gasteiger partial charge is 0.756 e. The van der Waals surface area contributed by atoms with Gasteiger partial charge in [-0.2, -0.15) is 0 Å². The number of nitrogens with zero attached hydrogens (tertiary/aromatic N) is 1. The van der Waals surface area contributed by atoms with Crippen LogP contribution in [-0.2, 0) is 18.4 Å². The first kappa shape index (κ1) is 37.5. The molecule has 9 heteroatoms. The molecular formula is C29H61N2O6P. The van der Waals surface area contributed by atoms with Gasteiger partial charge in [0.05, 0.1) is 39.9 Å². The van der Waals surface area contributed by atoms with E-state index in [4.69, 9.17) is 9.05 Å². The van der Waals surface area contributed by atoms with Crippen LogP contribution < -0.4 is 10.2 Å². The van der Waals surface area contributed by atoms with Crippen LogP contribution in [0.3, 0.4) is 0 Å². The van der Waals surface area contributed by atoms with Crippen molar-refractivity contribution in [3.05, 3.63) is 0 Å². The van der Waals surface area contributed by atoms with Crippen molar-refractivity contribution < 1.29 is 32.9 Å². The highest BCUT2D eigenvalue weighted by molar-refractivity contribution is 7.45. The van der Waals surface area contributed by atoms with Gasteiger partial charge in [0.15, 0.2) is 0 Å². The summed E-state index contributed by atoms with van der Waals surface area (Å²) in [7, 11) is 1.30. The van der Waals surface area contributed by atoms with E-state index in [0.717, 1.165) is 38.5 Å². The Morgan fingerprint density at radius 1 is 0.816 bits per heavy atom. The number of hydrogen-bond donors (Lipinski definition) is 2. The van der Waals surface area contributed by atoms with Crippen LogP contribution in [0.5, 0.6) is 0 Å². The Bertz CT molecular complexity index is 614. The third-order valence-corrected chi connectivity index (χ3v) is 7.81. The topological polar surface area (TPSA) is 108 Å². The van der Waals surface area contributed by atoms with Crippen LogP contribution in [0.25, 0.3) is 0 Å². The van der Waals surface area contributed by atoms with E-state index in [1.165, 1.54) is 64.2 Å². The molecule has 0 heterocycles. The fourth-order valence-electron chi connectivity index (χ4n) is 4.27. The van der Waals surface area contributed by atoms with E-state index in [0.29, 0.717) is 23.9 Å². The molecule has 0 aromatic rings. The Morgan fingerprint density at radius 2 is 1.29 bits per heavy atom. The number of unbranched alkanes of at least 4 members (excludes halogenated alkanes) is 14. The number of amides is 1. The van der Waals surface area contributed by atoms with E-state index in [1.807, 2.05) is 21.1 Å². The highest BCUT2D eigenvalue weighted by Crippen LogP contribution is 2.38. The summed E-state index contributed by atoms with van der Waals surface area (Å²) in [6, 6.07) is -0.787. The maximum Gasteiger partial charge on any atom is 0.268 e. The highest BCUT2D eigenvalue weighted by atomic mass is 31.2. The normalized spacial score (nSPS) is 15.2. The van der Waals surface area contributed by atoms with Gasteiger partial charge in [0, 0.05) is 6.42 Å². The Morgan fingerprint density at radius 3 is 1.79 bits per heavy atom. The van der Waals surface area contributed by atoms with E-state index in [9.17, 15) is 19.4 Å². The van der Waals surface area contributed by atoms with Crippen LogP contribution in [0.2, 0.25) is 0 Å². The van der Waals surface area contributed by atoms with Crippen molar-refractivity contribution in [1.29, 1.82) is 0 Å². The lowest BCUT2D eigenvalue weighted by Crippen LogP contribution is -2.46. The van der Waals surface area contributed by atoms with Crippen LogP contribution >= 0.6 is 7.82 Å². The van der Waals surface area contributed by atoms with E-state index in [2.05, 4.69) is 19.2 Å². The zero-order chi connectivity index (χ0) is 28.7. The van der Waals surface area contributed by atoms with Crippen molar-refractivity contribution in [1.82, 2.24) is 5.32 Å². The van der Waals surface area contributed by atoms with Crippen LogP contribution in [0.15, 0.2) is 0 Å². The number of carbonyl (C=O) groups excluding carboxylic acids is 1. The molecule has 0 saturated heterocycles. The average molecular weight is 565 g/mol. The summed E-state index contributed by atoms with van der Waals surface area (Å²) in [5, 5.41) is 13.6. The number of phosphoric ester groups is 1. The van der Waals surface area contributed by atoms with E-state index >= 15 is 0 Å². The first-order chi connectivity index (χ1) is 18.0. The average Bonchev–Trinajstić information content (AvgIpc) is 2.84. The summed E-state index contributed by atoms with van der Waals surface area (Å²) in [5.74, 6) is -0.176. The van der Waals surface area contributed by atoms with Gasteiger partial charge in [0.2, 0.25) is 5.91 Å². The molecule has 0 aliphatic carbocycles. The van der Waals surface area contributed by atoms with Crippen molar-refractivity contribution in [2.24, 2.45) is 0 Å². The lowest BCUT2D eigenvalue weighted by atomic mass is 10.0. The zero-order valence-corrected chi connectivity index (χ0v) is 26.3. The van der Waals surface area contributed by atoms with Gasteiger partial charge >= 0.3 is 0 Å². The van der Waals surface area contributed by atoms with Gasteiger partial charge in [-0.1, -0.05) is 110 Å². The number of aliphatic hydroxyl groups excluding tert-OH is 1. The molecular weight excluding hydrogens is 503 g/mol. The molecule has 0 radical (unpaired) electrons. The van der Waals surface area contributed by atoms with Crippen LogP contribution in [-0.4, -0.2) is 68.5 Å². The Hall–Kier alpha value is -0.500. The predicted molar refractivity (Wildman–Crippen MR) is 155 cm³/mol. The molecule has 228 valence electrons. The van der Waals surface area contributed by atoms with E-state index < -0.39 is 20.0 Å². The second-order valence-electron chi connectivity index (χ2n) is 11.8. The summed E-state index contributed by atoms with van der Waals surface area (Å²) in [6.07, 6.45) is 18.3. The number of carbonyl (C=O) groups is 1. The van der Waals surface area contributed by atoms with Gasteiger partial charge in [-0.15, -0.1) is 0 Å². The summed E-state index contributed by atoms with van der Waals surface area (Å²) >= 11 is 0. The molecule has 0 saturated carbocycles. The minimum absolute atomic E-state index is 0.0144. The Balaban J connectivity index is 4.60. The van der Waals surface area contributed by atoms with E-state index in [1.54, 1.807) is 0 Å². The third kappa shape index (κ3) is 24.5. The molecule has 38 heavy (non-hydrogen) atoms. The van der Waals surface area contributed by atoms with Gasteiger partial charge in [0.1, 0.15) is 13.2 Å². The molecule has 0 aromatic heterocycles. The van der Waals surface area contributed by atoms with Crippen LogP contribution in [0.1, 0.15) is 129 Å². The molecule has 0 fully saturated rings. The quantitative estimate of drug-likeness (QED) is 0.0709. The van der Waals surface area contributed by atoms with Gasteiger partial charge < -0.3 is 28.8 Å². The van der Waals surface area contributed by atoms with Crippen LogP contribution in [0.4, 0.5) is 0 Å². The first-order valence-electron chi connectivity index (χ1n) is 15.4. The summed E-state index contributed by atoms with van der Waals surface area (Å²) in [4.78, 5) is 24.8. The number of hydrogen-bond acceptors (Lipinski definition) is 6. The molecule has 8 nitrogen and oxygen atoms in total. The number of likely N-dealkylation sites (N-methyl/N-ethyl adjacent to an activating group) is 1. The SMILES string of the molecule is CCCCCCCCCCCC(O)C(COP(=O)([O-])OCC[N+](C)(C)C)NC(=O)CCCCCCCCC. The fourth-order valence-corrected chi connectivity index (χ4v) is 4.99. The van der Waals surface area contributed by atoms with E-state index in [-0.39, 0.29) is 19.1 Å². The number of rotatable bonds is 27. The van der Waals surface area contributed by atoms with Crippen LogP contribution in [0, 0.1) is 0 Å². The standard InChI is InChI=1S/C29H61N2O6P/c1-6-8-10-12-14-15-17-18-20-22-28(32)27(26-37-38(34,35)36-25-24-31(3,4)5)30-29(33)23-21-19-16-13-11-9-7-2/h27-28,32H,6-26H2,1-5H3,(H-,30,33,34,35). The number of nitrogens with one attached hydrogen (secondary N) is 1. The maximum atomic E-state index is 12.6. The summed E-state index contributed by atoms with van der Waals surface area (Å²) < 4.78 is 22.9. The molecule has 0 rings (SSSR count). The molecule has 0 aromatic carbocycles. The maximum absolute atomic E-state index is 12.6. The lowest BCUT2D eigenvalue weighted by molar-refractivity contribution is -0.870. The minimum atomic E-state index is -4.53. The highest BCUT2D eigenvalue weighted by Gasteiger charge is 2.24. The summed E-state index contributed by atoms with van der Waals surface area (Å²) in [5.41, 5.74) is 0.